The number of fused-ring (bicyclic) bond motifs is 5. The summed E-state index contributed by atoms with van der Waals surface area (Å²) in [4.78, 5) is 41.5. The van der Waals surface area contributed by atoms with Gasteiger partial charge in [0.1, 0.15) is 0 Å². The van der Waals surface area contributed by atoms with Crippen molar-refractivity contribution in [3.63, 3.8) is 0 Å². The molecule has 1 aromatic carbocycles. The highest BCUT2D eigenvalue weighted by Gasteiger charge is 2.60. The van der Waals surface area contributed by atoms with Gasteiger partial charge >= 0.3 is 6.09 Å². The number of nitrogens with one attached hydrogen (secondary N) is 1. The number of hydrogen-bond acceptors (Lipinski definition) is 4. The van der Waals surface area contributed by atoms with Gasteiger partial charge in [-0.25, -0.2) is 4.79 Å². The number of carbonyl (C=O) groups excluding carboxylic acids is 3. The second-order valence-electron chi connectivity index (χ2n) is 5.84. The van der Waals surface area contributed by atoms with E-state index >= 15 is 0 Å². The van der Waals surface area contributed by atoms with Crippen LogP contribution < -0.4 is 5.32 Å². The Morgan fingerprint density at radius 3 is 2.23 bits per heavy atom. The summed E-state index contributed by atoms with van der Waals surface area (Å²) in [6.45, 7) is 0. The van der Waals surface area contributed by atoms with E-state index in [1.54, 1.807) is 24.3 Å². The van der Waals surface area contributed by atoms with Crippen molar-refractivity contribution < 1.29 is 19.2 Å². The molecule has 6 nitrogen and oxygen atoms in total. The first-order chi connectivity index (χ1) is 10.6. The molecule has 2 bridgehead atoms. The first-order valence-corrected chi connectivity index (χ1v) is 7.25. The number of benzene rings is 1. The van der Waals surface area contributed by atoms with E-state index in [4.69, 9.17) is 4.84 Å². The molecule has 112 valence electrons. The predicted molar refractivity (Wildman–Crippen MR) is 76.1 cm³/mol. The molecule has 1 heterocycles. The van der Waals surface area contributed by atoms with E-state index in [0.29, 0.717) is 10.8 Å². The van der Waals surface area contributed by atoms with E-state index in [-0.39, 0.29) is 23.7 Å². The van der Waals surface area contributed by atoms with Crippen molar-refractivity contribution in [1.82, 2.24) is 5.06 Å². The fourth-order valence-electron chi connectivity index (χ4n) is 3.71. The van der Waals surface area contributed by atoms with Crippen molar-refractivity contribution >= 4 is 23.6 Å². The molecule has 1 saturated heterocycles. The zero-order valence-corrected chi connectivity index (χ0v) is 11.6. The van der Waals surface area contributed by atoms with Crippen LogP contribution in [0.5, 0.6) is 0 Å². The van der Waals surface area contributed by atoms with E-state index in [0.717, 1.165) is 6.42 Å². The van der Waals surface area contributed by atoms with Crippen LogP contribution in [0.4, 0.5) is 10.5 Å². The average Bonchev–Trinajstić information content (AvgIpc) is 3.18. The van der Waals surface area contributed by atoms with Crippen molar-refractivity contribution in [1.29, 1.82) is 0 Å². The number of anilines is 1. The quantitative estimate of drug-likeness (QED) is 0.669. The lowest BCUT2D eigenvalue weighted by Crippen LogP contribution is -2.36. The summed E-state index contributed by atoms with van der Waals surface area (Å²) in [5.41, 5.74) is 0.536. The number of para-hydroxylation sites is 1. The third-order valence-electron chi connectivity index (χ3n) is 4.62. The Bertz CT molecular complexity index is 655. The van der Waals surface area contributed by atoms with Crippen LogP contribution in [0.2, 0.25) is 0 Å². The molecule has 22 heavy (non-hydrogen) atoms. The number of hydrogen-bond donors (Lipinski definition) is 1. The fraction of sp³-hybridized carbons (Fsp3) is 0.312. The Morgan fingerprint density at radius 1 is 1.05 bits per heavy atom. The van der Waals surface area contributed by atoms with E-state index in [2.05, 4.69) is 5.32 Å². The Morgan fingerprint density at radius 2 is 1.64 bits per heavy atom. The zero-order chi connectivity index (χ0) is 15.3. The zero-order valence-electron chi connectivity index (χ0n) is 11.6. The second kappa shape index (κ2) is 4.69. The highest BCUT2D eigenvalue weighted by atomic mass is 16.7. The van der Waals surface area contributed by atoms with Crippen LogP contribution in [0.1, 0.15) is 6.42 Å². The summed E-state index contributed by atoms with van der Waals surface area (Å²) in [5, 5.41) is 3.13. The van der Waals surface area contributed by atoms with Gasteiger partial charge in [-0.2, -0.15) is 0 Å². The molecule has 1 aliphatic heterocycles. The van der Waals surface area contributed by atoms with Gasteiger partial charge in [0.2, 0.25) is 0 Å². The van der Waals surface area contributed by atoms with Crippen LogP contribution in [-0.2, 0) is 14.4 Å². The molecule has 3 aliphatic rings. The Labute approximate surface area is 126 Å². The molecule has 6 heteroatoms. The van der Waals surface area contributed by atoms with Gasteiger partial charge in [0.15, 0.2) is 0 Å². The van der Waals surface area contributed by atoms with Gasteiger partial charge in [0.25, 0.3) is 11.8 Å². The van der Waals surface area contributed by atoms with E-state index in [1.807, 2.05) is 18.2 Å². The Hall–Kier alpha value is -2.63. The van der Waals surface area contributed by atoms with E-state index in [9.17, 15) is 14.4 Å². The molecule has 1 aromatic rings. The first-order valence-electron chi connectivity index (χ1n) is 7.25. The predicted octanol–water partition coefficient (Wildman–Crippen LogP) is 1.96. The van der Waals surface area contributed by atoms with Gasteiger partial charge in [-0.05, 0) is 30.4 Å². The summed E-state index contributed by atoms with van der Waals surface area (Å²) in [6.07, 6.45) is 3.99. The minimum absolute atomic E-state index is 0.0947. The molecule has 1 saturated carbocycles. The smallest absolute Gasteiger partial charge is 0.311 e. The largest absolute Gasteiger partial charge is 0.436 e. The van der Waals surface area contributed by atoms with Gasteiger partial charge in [0.05, 0.1) is 11.8 Å². The summed E-state index contributed by atoms with van der Waals surface area (Å²) < 4.78 is 0. The molecule has 2 aliphatic carbocycles. The molecule has 0 spiro atoms. The molecule has 2 fully saturated rings. The Balaban J connectivity index is 1.47. The number of allylic oxidation sites excluding steroid dienone is 2. The lowest BCUT2D eigenvalue weighted by molar-refractivity contribution is -0.173. The van der Waals surface area contributed by atoms with Crippen LogP contribution in [0, 0.1) is 23.7 Å². The Kier molecular flexibility index (Phi) is 2.79. The lowest BCUT2D eigenvalue weighted by Gasteiger charge is -2.16. The SMILES string of the molecule is O=C(Nc1ccccc1)ON1C(=O)[C@@H]2[C@@H](C1=O)[C@H]1C=C[C@H]2C1. The number of carbonyl (C=O) groups is 3. The topological polar surface area (TPSA) is 75.7 Å². The molecular weight excluding hydrogens is 284 g/mol. The van der Waals surface area contributed by atoms with Gasteiger partial charge in [0, 0.05) is 5.69 Å². The maximum absolute atomic E-state index is 12.3. The minimum atomic E-state index is -0.840. The van der Waals surface area contributed by atoms with Crippen LogP contribution in [0.15, 0.2) is 42.5 Å². The maximum atomic E-state index is 12.3. The van der Waals surface area contributed by atoms with E-state index in [1.165, 1.54) is 0 Å². The van der Waals surface area contributed by atoms with Crippen LogP contribution in [0.3, 0.4) is 0 Å². The number of imide groups is 1. The highest BCUT2D eigenvalue weighted by molar-refractivity contribution is 6.06. The third kappa shape index (κ3) is 1.83. The van der Waals surface area contributed by atoms with Crippen molar-refractivity contribution in [2.75, 3.05) is 5.32 Å². The fourth-order valence-corrected chi connectivity index (χ4v) is 3.71. The number of hydroxylamine groups is 2. The standard InChI is InChI=1S/C16H14N2O4/c19-14-12-9-6-7-10(8-9)13(12)15(20)18(14)22-16(21)17-11-4-2-1-3-5-11/h1-7,9-10,12-13H,8H2,(H,17,21)/t9-,10-,12-,13-/m0/s1. The molecule has 4 atom stereocenters. The molecule has 0 radical (unpaired) electrons. The number of amides is 3. The molecule has 3 amide bonds. The van der Waals surface area contributed by atoms with E-state index < -0.39 is 17.9 Å². The minimum Gasteiger partial charge on any atom is -0.311 e. The summed E-state index contributed by atoms with van der Waals surface area (Å²) in [7, 11) is 0. The number of nitrogens with zero attached hydrogens (tertiary/aromatic N) is 1. The van der Waals surface area contributed by atoms with Gasteiger partial charge in [-0.15, -0.1) is 5.06 Å². The molecule has 4 rings (SSSR count). The summed E-state index contributed by atoms with van der Waals surface area (Å²) in [5.74, 6) is -1.36. The highest BCUT2D eigenvalue weighted by Crippen LogP contribution is 2.52. The monoisotopic (exact) mass is 298 g/mol. The first kappa shape index (κ1) is 13.1. The van der Waals surface area contributed by atoms with Crippen LogP contribution in [-0.4, -0.2) is 23.0 Å². The van der Waals surface area contributed by atoms with Crippen LogP contribution >= 0.6 is 0 Å². The second-order valence-corrected chi connectivity index (χ2v) is 5.84. The normalized spacial score (nSPS) is 31.5. The average molecular weight is 298 g/mol. The van der Waals surface area contributed by atoms with Crippen LogP contribution in [0.25, 0.3) is 0 Å². The molecule has 0 unspecified atom stereocenters. The molecule has 1 N–H and O–H groups in total. The van der Waals surface area contributed by atoms with Gasteiger partial charge in [-0.1, -0.05) is 30.4 Å². The van der Waals surface area contributed by atoms with Crippen molar-refractivity contribution in [2.24, 2.45) is 23.7 Å². The van der Waals surface area contributed by atoms with Crippen molar-refractivity contribution in [2.45, 2.75) is 6.42 Å². The van der Waals surface area contributed by atoms with Gasteiger partial charge < -0.3 is 4.84 Å². The molecular formula is C16H14N2O4. The van der Waals surface area contributed by atoms with Gasteiger partial charge in [-0.3, -0.25) is 14.9 Å². The number of rotatable bonds is 2. The third-order valence-corrected chi connectivity index (χ3v) is 4.62. The maximum Gasteiger partial charge on any atom is 0.436 e. The van der Waals surface area contributed by atoms with Crippen molar-refractivity contribution in [3.05, 3.63) is 42.5 Å². The lowest BCUT2D eigenvalue weighted by atomic mass is 9.85. The summed E-state index contributed by atoms with van der Waals surface area (Å²) >= 11 is 0. The molecule has 0 aromatic heterocycles. The van der Waals surface area contributed by atoms with Crippen molar-refractivity contribution in [3.8, 4) is 0 Å². The summed E-state index contributed by atoms with van der Waals surface area (Å²) in [6, 6.07) is 8.71.